The zero-order chi connectivity index (χ0) is 17.5. The molecule has 2 N–H and O–H groups in total. The Hall–Kier alpha value is -2.38. The minimum absolute atomic E-state index is 0.268. The summed E-state index contributed by atoms with van der Waals surface area (Å²) in [5, 5.41) is 11.4. The van der Waals surface area contributed by atoms with Gasteiger partial charge in [-0.3, -0.25) is 4.79 Å². The molecule has 5 nitrogen and oxygen atoms in total. The van der Waals surface area contributed by atoms with Crippen LogP contribution in [0.3, 0.4) is 0 Å². The minimum Gasteiger partial charge on any atom is -0.370 e. The van der Waals surface area contributed by atoms with Crippen molar-refractivity contribution < 1.29 is 4.79 Å². The second-order valence-electron chi connectivity index (χ2n) is 5.28. The summed E-state index contributed by atoms with van der Waals surface area (Å²) in [5.74, 6) is 1.23. The van der Waals surface area contributed by atoms with Crippen LogP contribution in [0, 0.1) is 0 Å². The first-order chi connectivity index (χ1) is 12.2. The highest BCUT2D eigenvalue weighted by Gasteiger charge is 2.15. The van der Waals surface area contributed by atoms with Crippen molar-refractivity contribution in [2.24, 2.45) is 5.73 Å². The van der Waals surface area contributed by atoms with Gasteiger partial charge in [-0.05, 0) is 17.0 Å². The fourth-order valence-electron chi connectivity index (χ4n) is 2.28. The Morgan fingerprint density at radius 1 is 1.20 bits per heavy atom. The molecule has 2 aromatic heterocycles. The van der Waals surface area contributed by atoms with Gasteiger partial charge in [-0.25, -0.2) is 0 Å². The van der Waals surface area contributed by atoms with Crippen molar-refractivity contribution in [3.63, 3.8) is 0 Å². The van der Waals surface area contributed by atoms with E-state index in [2.05, 4.69) is 34.5 Å². The molecule has 0 saturated carbocycles. The van der Waals surface area contributed by atoms with Crippen LogP contribution in [0.2, 0.25) is 0 Å². The molecular formula is C18H18N4OS2. The molecule has 7 heteroatoms. The number of primary amides is 1. The number of thioether (sulfide) groups is 1. The monoisotopic (exact) mass is 370 g/mol. The molecule has 0 bridgehead atoms. The summed E-state index contributed by atoms with van der Waals surface area (Å²) in [6.45, 7) is 0.486. The summed E-state index contributed by atoms with van der Waals surface area (Å²) in [4.78, 5) is 12.2. The van der Waals surface area contributed by atoms with Crippen molar-refractivity contribution in [2.75, 3.05) is 5.75 Å². The second kappa shape index (κ2) is 8.64. The average molecular weight is 371 g/mol. The van der Waals surface area contributed by atoms with Gasteiger partial charge >= 0.3 is 0 Å². The van der Waals surface area contributed by atoms with Crippen LogP contribution < -0.4 is 5.73 Å². The standard InChI is InChI=1S/C18H18N4OS2/c19-16(23)10-11-22-17(15-9-5-12-24-15)20-21-18(22)25-13-4-8-14-6-2-1-3-7-14/h1-9,12H,10-11,13H2,(H2,19,23). The Balaban J connectivity index is 1.71. The zero-order valence-corrected chi connectivity index (χ0v) is 15.2. The van der Waals surface area contributed by atoms with E-state index in [0.717, 1.165) is 27.2 Å². The number of amides is 1. The van der Waals surface area contributed by atoms with E-state index in [4.69, 9.17) is 5.73 Å². The maximum atomic E-state index is 11.2. The molecule has 2 heterocycles. The van der Waals surface area contributed by atoms with Crippen LogP contribution in [0.25, 0.3) is 16.8 Å². The fraction of sp³-hybridized carbons (Fsp3) is 0.167. The van der Waals surface area contributed by atoms with Crippen LogP contribution in [-0.4, -0.2) is 26.4 Å². The van der Waals surface area contributed by atoms with E-state index in [1.54, 1.807) is 23.1 Å². The number of hydrogen-bond donors (Lipinski definition) is 1. The molecule has 1 aromatic carbocycles. The SMILES string of the molecule is NC(=O)CCn1c(SCC=Cc2ccccc2)nnc1-c1cccs1. The third-order valence-electron chi connectivity index (χ3n) is 3.46. The second-order valence-corrected chi connectivity index (χ2v) is 7.21. The van der Waals surface area contributed by atoms with E-state index in [1.165, 1.54) is 0 Å². The highest BCUT2D eigenvalue weighted by molar-refractivity contribution is 7.99. The quantitative estimate of drug-likeness (QED) is 0.614. The van der Waals surface area contributed by atoms with Crippen molar-refractivity contribution in [3.05, 3.63) is 59.5 Å². The van der Waals surface area contributed by atoms with Crippen molar-refractivity contribution in [2.45, 2.75) is 18.1 Å². The maximum Gasteiger partial charge on any atom is 0.219 e. The van der Waals surface area contributed by atoms with E-state index in [1.807, 2.05) is 40.3 Å². The molecular weight excluding hydrogens is 352 g/mol. The lowest BCUT2D eigenvalue weighted by Gasteiger charge is -2.07. The van der Waals surface area contributed by atoms with Crippen molar-refractivity contribution in [3.8, 4) is 10.7 Å². The summed E-state index contributed by atoms with van der Waals surface area (Å²) in [6.07, 6.45) is 4.44. The molecule has 0 atom stereocenters. The van der Waals surface area contributed by atoms with Gasteiger partial charge in [-0.15, -0.1) is 21.5 Å². The third kappa shape index (κ3) is 4.80. The average Bonchev–Trinajstić information content (AvgIpc) is 3.27. The van der Waals surface area contributed by atoms with E-state index in [-0.39, 0.29) is 12.3 Å². The number of carbonyl (C=O) groups is 1. The Bertz CT molecular complexity index is 841. The van der Waals surface area contributed by atoms with E-state index in [0.29, 0.717) is 6.54 Å². The lowest BCUT2D eigenvalue weighted by Crippen LogP contribution is -2.14. The Kier molecular flexibility index (Phi) is 6.03. The van der Waals surface area contributed by atoms with Gasteiger partial charge in [0.2, 0.25) is 5.91 Å². The number of rotatable bonds is 8. The molecule has 0 unspecified atom stereocenters. The highest BCUT2D eigenvalue weighted by atomic mass is 32.2. The number of aromatic nitrogens is 3. The summed E-state index contributed by atoms with van der Waals surface area (Å²) in [7, 11) is 0. The van der Waals surface area contributed by atoms with Gasteiger partial charge in [0, 0.05) is 18.7 Å². The Labute approximate surface area is 154 Å². The molecule has 0 aliphatic rings. The van der Waals surface area contributed by atoms with Gasteiger partial charge in [-0.2, -0.15) is 0 Å². The van der Waals surface area contributed by atoms with Crippen LogP contribution in [0.1, 0.15) is 12.0 Å². The molecule has 3 aromatic rings. The van der Waals surface area contributed by atoms with Gasteiger partial charge in [0.25, 0.3) is 0 Å². The van der Waals surface area contributed by atoms with Crippen LogP contribution >= 0.6 is 23.1 Å². The summed E-state index contributed by atoms with van der Waals surface area (Å²) in [5.41, 5.74) is 6.47. The Morgan fingerprint density at radius 2 is 2.04 bits per heavy atom. The summed E-state index contributed by atoms with van der Waals surface area (Å²) < 4.78 is 1.97. The van der Waals surface area contributed by atoms with Gasteiger partial charge in [0.15, 0.2) is 11.0 Å². The van der Waals surface area contributed by atoms with E-state index < -0.39 is 0 Å². The number of thiophene rings is 1. The number of nitrogens with two attached hydrogens (primary N) is 1. The van der Waals surface area contributed by atoms with E-state index in [9.17, 15) is 4.79 Å². The van der Waals surface area contributed by atoms with Gasteiger partial charge in [0.1, 0.15) is 0 Å². The molecule has 0 radical (unpaired) electrons. The molecule has 0 fully saturated rings. The molecule has 25 heavy (non-hydrogen) atoms. The third-order valence-corrected chi connectivity index (χ3v) is 5.24. The molecule has 1 amide bonds. The van der Waals surface area contributed by atoms with Crippen LogP contribution in [0.4, 0.5) is 0 Å². The first-order valence-electron chi connectivity index (χ1n) is 7.84. The van der Waals surface area contributed by atoms with Crippen molar-refractivity contribution in [1.29, 1.82) is 0 Å². The minimum atomic E-state index is -0.328. The Morgan fingerprint density at radius 3 is 2.76 bits per heavy atom. The van der Waals surface area contributed by atoms with Crippen LogP contribution in [0.15, 0.2) is 59.1 Å². The van der Waals surface area contributed by atoms with Crippen LogP contribution in [0.5, 0.6) is 0 Å². The number of benzene rings is 1. The lowest BCUT2D eigenvalue weighted by molar-refractivity contribution is -0.118. The number of hydrogen-bond acceptors (Lipinski definition) is 5. The first-order valence-corrected chi connectivity index (χ1v) is 9.70. The molecule has 0 aliphatic carbocycles. The first kappa shape index (κ1) is 17.4. The summed E-state index contributed by atoms with van der Waals surface area (Å²) >= 11 is 3.19. The molecule has 0 saturated heterocycles. The molecule has 0 aliphatic heterocycles. The fourth-order valence-corrected chi connectivity index (χ4v) is 3.77. The van der Waals surface area contributed by atoms with Crippen molar-refractivity contribution >= 4 is 35.1 Å². The highest BCUT2D eigenvalue weighted by Crippen LogP contribution is 2.27. The lowest BCUT2D eigenvalue weighted by atomic mass is 10.2. The maximum absolute atomic E-state index is 11.2. The predicted molar refractivity (Wildman–Crippen MR) is 103 cm³/mol. The number of carbonyl (C=O) groups excluding carboxylic acids is 1. The smallest absolute Gasteiger partial charge is 0.219 e. The normalized spacial score (nSPS) is 11.2. The zero-order valence-electron chi connectivity index (χ0n) is 13.5. The van der Waals surface area contributed by atoms with Gasteiger partial charge < -0.3 is 10.3 Å². The van der Waals surface area contributed by atoms with Crippen molar-refractivity contribution in [1.82, 2.24) is 14.8 Å². The predicted octanol–water partition coefficient (Wildman–Crippen LogP) is 3.69. The molecule has 0 spiro atoms. The van der Waals surface area contributed by atoms with Crippen LogP contribution in [-0.2, 0) is 11.3 Å². The van der Waals surface area contributed by atoms with Gasteiger partial charge in [-0.1, -0.05) is 60.3 Å². The molecule has 3 rings (SSSR count). The van der Waals surface area contributed by atoms with Gasteiger partial charge in [0.05, 0.1) is 4.88 Å². The molecule has 128 valence electrons. The summed E-state index contributed by atoms with van der Waals surface area (Å²) in [6, 6.07) is 14.1. The number of nitrogens with zero attached hydrogens (tertiary/aromatic N) is 3. The van der Waals surface area contributed by atoms with E-state index >= 15 is 0 Å². The topological polar surface area (TPSA) is 73.8 Å². The largest absolute Gasteiger partial charge is 0.370 e.